The molecule has 2 unspecified atom stereocenters. The van der Waals surface area contributed by atoms with E-state index in [0.29, 0.717) is 12.0 Å². The summed E-state index contributed by atoms with van der Waals surface area (Å²) in [6, 6.07) is 0.373. The molecule has 20 heavy (non-hydrogen) atoms. The number of nitrogens with one attached hydrogen (secondary N) is 2. The highest BCUT2D eigenvalue weighted by molar-refractivity contribution is 5.81. The Balaban J connectivity index is 2.48. The van der Waals surface area contributed by atoms with E-state index in [1.54, 1.807) is 0 Å². The van der Waals surface area contributed by atoms with E-state index in [9.17, 15) is 4.79 Å². The molecule has 4 heteroatoms. The van der Waals surface area contributed by atoms with E-state index in [1.807, 2.05) is 6.92 Å². The Morgan fingerprint density at radius 2 is 2.15 bits per heavy atom. The number of hydrogen-bond donors (Lipinski definition) is 2. The molecule has 1 saturated heterocycles. The summed E-state index contributed by atoms with van der Waals surface area (Å²) in [6.07, 6.45) is 4.72. The van der Waals surface area contributed by atoms with E-state index in [2.05, 4.69) is 36.3 Å². The van der Waals surface area contributed by atoms with Crippen molar-refractivity contribution in [3.8, 4) is 0 Å². The van der Waals surface area contributed by atoms with Crippen LogP contribution in [0.2, 0.25) is 0 Å². The lowest BCUT2D eigenvalue weighted by Crippen LogP contribution is -2.51. The SMILES string of the molecule is CCCCNC(=O)C(C)N(CC1CCCNC1)C(C)C. The smallest absolute Gasteiger partial charge is 0.237 e. The molecule has 1 amide bonds. The highest BCUT2D eigenvalue weighted by Crippen LogP contribution is 2.16. The van der Waals surface area contributed by atoms with Gasteiger partial charge in [-0.25, -0.2) is 0 Å². The average Bonchev–Trinajstić information content (AvgIpc) is 2.45. The summed E-state index contributed by atoms with van der Waals surface area (Å²) in [5, 5.41) is 6.52. The predicted octanol–water partition coefficient (Wildman–Crippen LogP) is 2.00. The molecule has 2 N–H and O–H groups in total. The Bertz CT molecular complexity index is 275. The summed E-state index contributed by atoms with van der Waals surface area (Å²) in [7, 11) is 0. The number of amides is 1. The lowest BCUT2D eigenvalue weighted by atomic mass is 9.97. The van der Waals surface area contributed by atoms with Crippen molar-refractivity contribution >= 4 is 5.91 Å². The zero-order valence-electron chi connectivity index (χ0n) is 13.7. The fourth-order valence-electron chi connectivity index (χ4n) is 2.88. The van der Waals surface area contributed by atoms with Gasteiger partial charge in [0.1, 0.15) is 0 Å². The second kappa shape index (κ2) is 9.35. The Hall–Kier alpha value is -0.610. The molecule has 1 rings (SSSR count). The van der Waals surface area contributed by atoms with Crippen LogP contribution in [0.15, 0.2) is 0 Å². The van der Waals surface area contributed by atoms with Gasteiger partial charge in [0.25, 0.3) is 0 Å². The van der Waals surface area contributed by atoms with E-state index >= 15 is 0 Å². The molecule has 0 bridgehead atoms. The molecule has 2 atom stereocenters. The van der Waals surface area contributed by atoms with Crippen molar-refractivity contribution in [2.75, 3.05) is 26.2 Å². The summed E-state index contributed by atoms with van der Waals surface area (Å²) >= 11 is 0. The number of carbonyl (C=O) groups excluding carboxylic acids is 1. The van der Waals surface area contributed by atoms with Crippen LogP contribution >= 0.6 is 0 Å². The van der Waals surface area contributed by atoms with Gasteiger partial charge in [0.2, 0.25) is 5.91 Å². The van der Waals surface area contributed by atoms with Gasteiger partial charge in [-0.2, -0.15) is 0 Å². The maximum atomic E-state index is 12.2. The lowest BCUT2D eigenvalue weighted by Gasteiger charge is -2.36. The van der Waals surface area contributed by atoms with Gasteiger partial charge >= 0.3 is 0 Å². The molecule has 4 nitrogen and oxygen atoms in total. The first-order valence-electron chi connectivity index (χ1n) is 8.30. The molecule has 0 saturated carbocycles. The summed E-state index contributed by atoms with van der Waals surface area (Å²) in [5.74, 6) is 0.855. The van der Waals surface area contributed by atoms with Gasteiger partial charge in [-0.15, -0.1) is 0 Å². The van der Waals surface area contributed by atoms with Crippen LogP contribution in [0.4, 0.5) is 0 Å². The van der Waals surface area contributed by atoms with Gasteiger partial charge < -0.3 is 10.6 Å². The molecular formula is C16H33N3O. The van der Waals surface area contributed by atoms with Crippen LogP contribution in [0.3, 0.4) is 0 Å². The summed E-state index contributed by atoms with van der Waals surface area (Å²) in [4.78, 5) is 14.6. The monoisotopic (exact) mass is 283 g/mol. The van der Waals surface area contributed by atoms with Crippen molar-refractivity contribution in [3.63, 3.8) is 0 Å². The number of carbonyl (C=O) groups is 1. The summed E-state index contributed by atoms with van der Waals surface area (Å²) in [5.41, 5.74) is 0. The molecule has 0 aromatic heterocycles. The number of rotatable bonds is 8. The quantitative estimate of drug-likeness (QED) is 0.670. The average molecular weight is 283 g/mol. The molecule has 0 spiro atoms. The first-order valence-corrected chi connectivity index (χ1v) is 8.30. The molecule has 0 aromatic carbocycles. The van der Waals surface area contributed by atoms with Gasteiger partial charge in [0.15, 0.2) is 0 Å². The second-order valence-electron chi connectivity index (χ2n) is 6.32. The Kier molecular flexibility index (Phi) is 8.15. The van der Waals surface area contributed by atoms with Crippen LogP contribution < -0.4 is 10.6 Å². The maximum absolute atomic E-state index is 12.2. The molecular weight excluding hydrogens is 250 g/mol. The minimum Gasteiger partial charge on any atom is -0.355 e. The second-order valence-corrected chi connectivity index (χ2v) is 6.32. The third kappa shape index (κ3) is 5.80. The fraction of sp³-hybridized carbons (Fsp3) is 0.938. The summed E-state index contributed by atoms with van der Waals surface area (Å²) in [6.45, 7) is 12.6. The number of nitrogens with zero attached hydrogens (tertiary/aromatic N) is 1. The van der Waals surface area contributed by atoms with E-state index in [-0.39, 0.29) is 11.9 Å². The van der Waals surface area contributed by atoms with E-state index < -0.39 is 0 Å². The van der Waals surface area contributed by atoms with Crippen molar-refractivity contribution in [1.29, 1.82) is 0 Å². The molecule has 118 valence electrons. The normalized spacial score (nSPS) is 21.2. The van der Waals surface area contributed by atoms with E-state index in [1.165, 1.54) is 12.8 Å². The number of piperidine rings is 1. The van der Waals surface area contributed by atoms with Gasteiger partial charge in [0, 0.05) is 19.1 Å². The minimum atomic E-state index is -0.0335. The van der Waals surface area contributed by atoms with Gasteiger partial charge in [0.05, 0.1) is 6.04 Å². The number of unbranched alkanes of at least 4 members (excludes halogenated alkanes) is 1. The highest BCUT2D eigenvalue weighted by Gasteiger charge is 2.26. The van der Waals surface area contributed by atoms with Crippen molar-refractivity contribution in [2.24, 2.45) is 5.92 Å². The third-order valence-corrected chi connectivity index (χ3v) is 4.24. The largest absolute Gasteiger partial charge is 0.355 e. The van der Waals surface area contributed by atoms with Gasteiger partial charge in [-0.05, 0) is 59.0 Å². The lowest BCUT2D eigenvalue weighted by molar-refractivity contribution is -0.126. The van der Waals surface area contributed by atoms with Crippen LogP contribution in [0.5, 0.6) is 0 Å². The Morgan fingerprint density at radius 1 is 1.40 bits per heavy atom. The van der Waals surface area contributed by atoms with Gasteiger partial charge in [-0.3, -0.25) is 9.69 Å². The zero-order valence-corrected chi connectivity index (χ0v) is 13.7. The van der Waals surface area contributed by atoms with Crippen molar-refractivity contribution in [2.45, 2.75) is 65.5 Å². The Morgan fingerprint density at radius 3 is 2.70 bits per heavy atom. The molecule has 0 aliphatic carbocycles. The van der Waals surface area contributed by atoms with Crippen molar-refractivity contribution in [1.82, 2.24) is 15.5 Å². The molecule has 0 radical (unpaired) electrons. The van der Waals surface area contributed by atoms with Crippen molar-refractivity contribution in [3.05, 3.63) is 0 Å². The topological polar surface area (TPSA) is 44.4 Å². The van der Waals surface area contributed by atoms with E-state index in [4.69, 9.17) is 0 Å². The first kappa shape index (κ1) is 17.4. The molecule has 1 aliphatic rings. The van der Waals surface area contributed by atoms with Crippen molar-refractivity contribution < 1.29 is 4.79 Å². The minimum absolute atomic E-state index is 0.0335. The molecule has 1 aliphatic heterocycles. The molecule has 1 fully saturated rings. The standard InChI is InChI=1S/C16H33N3O/c1-5-6-10-18-16(20)14(4)19(13(2)3)12-15-8-7-9-17-11-15/h13-15,17H,5-12H2,1-4H3,(H,18,20). The van der Waals surface area contributed by atoms with Crippen LogP contribution in [-0.4, -0.2) is 49.1 Å². The van der Waals surface area contributed by atoms with E-state index in [0.717, 1.165) is 39.0 Å². The number of hydrogen-bond acceptors (Lipinski definition) is 3. The Labute approximate surface area is 124 Å². The first-order chi connectivity index (χ1) is 9.56. The highest BCUT2D eigenvalue weighted by atomic mass is 16.2. The van der Waals surface area contributed by atoms with Crippen LogP contribution in [0.25, 0.3) is 0 Å². The predicted molar refractivity (Wildman–Crippen MR) is 84.8 cm³/mol. The van der Waals surface area contributed by atoms with Crippen LogP contribution in [-0.2, 0) is 4.79 Å². The fourth-order valence-corrected chi connectivity index (χ4v) is 2.88. The van der Waals surface area contributed by atoms with Gasteiger partial charge in [-0.1, -0.05) is 13.3 Å². The summed E-state index contributed by atoms with van der Waals surface area (Å²) < 4.78 is 0. The maximum Gasteiger partial charge on any atom is 0.237 e. The molecule has 1 heterocycles. The molecule has 0 aromatic rings. The third-order valence-electron chi connectivity index (χ3n) is 4.24. The van der Waals surface area contributed by atoms with Crippen LogP contribution in [0, 0.1) is 5.92 Å². The van der Waals surface area contributed by atoms with Crippen LogP contribution in [0.1, 0.15) is 53.4 Å². The zero-order chi connectivity index (χ0) is 15.0.